The number of hydrogen-bond donors (Lipinski definition) is 4. The van der Waals surface area contributed by atoms with E-state index in [1.54, 1.807) is 51.3 Å². The summed E-state index contributed by atoms with van der Waals surface area (Å²) in [4.78, 5) is 78.3. The average Bonchev–Trinajstić information content (AvgIpc) is 3.09. The van der Waals surface area contributed by atoms with Gasteiger partial charge in [0.25, 0.3) is 0 Å². The molecule has 0 aromatic heterocycles. The molecule has 4 amide bonds. The van der Waals surface area contributed by atoms with Gasteiger partial charge in [-0.15, -0.1) is 0 Å². The minimum Gasteiger partial charge on any atom is -0.481 e. The predicted octanol–water partition coefficient (Wildman–Crippen LogP) is 7.86. The van der Waals surface area contributed by atoms with Gasteiger partial charge in [-0.3, -0.25) is 14.4 Å². The lowest BCUT2D eigenvalue weighted by Gasteiger charge is -2.29. The van der Waals surface area contributed by atoms with Crippen molar-refractivity contribution >= 4 is 35.9 Å². The minimum atomic E-state index is -0.958. The monoisotopic (exact) mass is 842 g/mol. The van der Waals surface area contributed by atoms with E-state index in [1.165, 1.54) is 0 Å². The average molecular weight is 842 g/mol. The van der Waals surface area contributed by atoms with Gasteiger partial charge in [-0.1, -0.05) is 57.8 Å². The topological polar surface area (TPSA) is 207 Å². The van der Waals surface area contributed by atoms with Crippen LogP contribution >= 0.6 is 0 Å². The first-order valence-corrected chi connectivity index (χ1v) is 22.2. The molecule has 0 aromatic rings. The van der Waals surface area contributed by atoms with Gasteiger partial charge in [-0.2, -0.15) is 0 Å². The lowest BCUT2D eigenvalue weighted by molar-refractivity contribution is -0.159. The number of nitrogens with zero attached hydrogens (tertiary/aromatic N) is 2. The van der Waals surface area contributed by atoms with E-state index in [0.29, 0.717) is 71.4 Å². The maximum Gasteiger partial charge on any atom is 0.410 e. The Morgan fingerprint density at radius 2 is 0.932 bits per heavy atom. The molecule has 0 spiro atoms. The molecular formula is C44H83N5O10. The number of unbranched alkanes of at least 4 members (excludes halogenated alkanes) is 11. The molecule has 0 radical (unpaired) electrons. The molecular weight excluding hydrogens is 759 g/mol. The smallest absolute Gasteiger partial charge is 0.410 e. The van der Waals surface area contributed by atoms with Crippen molar-refractivity contribution in [3.8, 4) is 0 Å². The van der Waals surface area contributed by atoms with Crippen LogP contribution < -0.4 is 16.4 Å². The van der Waals surface area contributed by atoms with Crippen LogP contribution in [0.1, 0.15) is 184 Å². The summed E-state index contributed by atoms with van der Waals surface area (Å²) >= 11 is 0. The van der Waals surface area contributed by atoms with E-state index in [4.69, 9.17) is 25.1 Å². The number of carboxylic acids is 1. The zero-order chi connectivity index (χ0) is 44.9. The highest BCUT2D eigenvalue weighted by Crippen LogP contribution is 2.16. The van der Waals surface area contributed by atoms with Crippen LogP contribution in [0.15, 0.2) is 0 Å². The van der Waals surface area contributed by atoms with Crippen molar-refractivity contribution in [3.63, 3.8) is 0 Å². The minimum absolute atomic E-state index is 0.000604. The van der Waals surface area contributed by atoms with E-state index in [-0.39, 0.29) is 37.5 Å². The zero-order valence-electron chi connectivity index (χ0n) is 38.3. The number of carboxylic acid groups (broad SMARTS) is 1. The summed E-state index contributed by atoms with van der Waals surface area (Å²) in [6.45, 7) is 18.6. The van der Waals surface area contributed by atoms with Crippen LogP contribution in [0, 0.1) is 0 Å². The fourth-order valence-electron chi connectivity index (χ4n) is 6.03. The van der Waals surface area contributed by atoms with Gasteiger partial charge in [0.1, 0.15) is 22.8 Å². The van der Waals surface area contributed by atoms with Gasteiger partial charge in [0.2, 0.25) is 11.8 Å². The molecule has 0 saturated heterocycles. The molecule has 1 unspecified atom stereocenters. The van der Waals surface area contributed by atoms with Crippen LogP contribution in [0.4, 0.5) is 9.59 Å². The van der Waals surface area contributed by atoms with Crippen molar-refractivity contribution in [2.75, 3.05) is 39.3 Å². The maximum absolute atomic E-state index is 13.1. The Labute approximate surface area is 355 Å². The van der Waals surface area contributed by atoms with E-state index in [9.17, 15) is 28.8 Å². The van der Waals surface area contributed by atoms with Crippen molar-refractivity contribution in [3.05, 3.63) is 0 Å². The second-order valence-electron chi connectivity index (χ2n) is 18.5. The molecule has 5 N–H and O–H groups in total. The number of nitrogens with two attached hydrogens (primary N) is 1. The van der Waals surface area contributed by atoms with Crippen molar-refractivity contribution in [1.82, 2.24) is 20.4 Å². The van der Waals surface area contributed by atoms with E-state index in [0.717, 1.165) is 64.2 Å². The van der Waals surface area contributed by atoms with Crippen LogP contribution in [0.5, 0.6) is 0 Å². The molecule has 0 aliphatic rings. The number of amides is 4. The number of rotatable bonds is 31. The summed E-state index contributed by atoms with van der Waals surface area (Å²) in [6, 6.07) is -0.958. The van der Waals surface area contributed by atoms with Gasteiger partial charge in [0, 0.05) is 52.0 Å². The number of ether oxygens (including phenoxy) is 3. The number of carbonyl (C=O) groups is 6. The van der Waals surface area contributed by atoms with Crippen molar-refractivity contribution in [2.24, 2.45) is 5.73 Å². The van der Waals surface area contributed by atoms with Crippen molar-refractivity contribution in [2.45, 2.75) is 207 Å². The summed E-state index contributed by atoms with van der Waals surface area (Å²) < 4.78 is 16.7. The molecule has 0 aromatic carbocycles. The third-order valence-electron chi connectivity index (χ3n) is 8.95. The first-order chi connectivity index (χ1) is 27.5. The molecule has 0 fully saturated rings. The van der Waals surface area contributed by atoms with Gasteiger partial charge in [0.15, 0.2) is 0 Å². The van der Waals surface area contributed by atoms with Gasteiger partial charge in [-0.05, 0) is 114 Å². The van der Waals surface area contributed by atoms with Crippen LogP contribution in [-0.4, -0.2) is 113 Å². The highest BCUT2D eigenvalue weighted by Gasteiger charge is 2.28. The van der Waals surface area contributed by atoms with Crippen LogP contribution in [0.2, 0.25) is 0 Å². The molecule has 1 atom stereocenters. The van der Waals surface area contributed by atoms with Gasteiger partial charge < -0.3 is 45.5 Å². The quantitative estimate of drug-likeness (QED) is 0.0300. The lowest BCUT2D eigenvalue weighted by Crippen LogP contribution is -2.44. The number of carbonyl (C=O) groups excluding carboxylic acids is 5. The van der Waals surface area contributed by atoms with E-state index in [2.05, 4.69) is 10.6 Å². The molecule has 59 heavy (non-hydrogen) atoms. The lowest BCUT2D eigenvalue weighted by atomic mass is 10.0. The molecule has 0 bridgehead atoms. The Hall–Kier alpha value is -3.62. The highest BCUT2D eigenvalue weighted by atomic mass is 16.6. The van der Waals surface area contributed by atoms with Crippen molar-refractivity contribution < 1.29 is 48.1 Å². The zero-order valence-corrected chi connectivity index (χ0v) is 38.3. The van der Waals surface area contributed by atoms with Crippen LogP contribution in [-0.2, 0) is 33.4 Å². The van der Waals surface area contributed by atoms with Gasteiger partial charge in [-0.25, -0.2) is 14.4 Å². The Bertz CT molecular complexity index is 1230. The SMILES string of the molecule is CC(C)(C)OC(=O)C(CCC(=O)NCCCN(CCCCN(CCCN)C(=O)OC(C)(C)C)C(=O)OC(C)(C)C)NC(=O)CCCCCCCCCCCCCC(=O)O. The molecule has 344 valence electrons. The summed E-state index contributed by atoms with van der Waals surface area (Å²) in [7, 11) is 0. The first kappa shape index (κ1) is 55.4. The number of hydrogen-bond acceptors (Lipinski definition) is 10. The molecule has 0 saturated carbocycles. The third kappa shape index (κ3) is 33.9. The van der Waals surface area contributed by atoms with E-state index >= 15 is 0 Å². The second-order valence-corrected chi connectivity index (χ2v) is 18.5. The van der Waals surface area contributed by atoms with Gasteiger partial charge in [0.05, 0.1) is 0 Å². The number of aliphatic carboxylic acids is 1. The molecule has 0 aliphatic carbocycles. The fourth-order valence-corrected chi connectivity index (χ4v) is 6.03. The van der Waals surface area contributed by atoms with E-state index in [1.807, 2.05) is 20.8 Å². The maximum atomic E-state index is 13.1. The Morgan fingerprint density at radius 1 is 0.525 bits per heavy atom. The van der Waals surface area contributed by atoms with Crippen LogP contribution in [0.3, 0.4) is 0 Å². The summed E-state index contributed by atoms with van der Waals surface area (Å²) in [5.74, 6) is -1.84. The largest absolute Gasteiger partial charge is 0.481 e. The molecule has 0 heterocycles. The summed E-state index contributed by atoms with van der Waals surface area (Å²) in [6.07, 6.45) is 13.3. The second kappa shape index (κ2) is 30.4. The molecule has 0 rings (SSSR count). The number of esters is 1. The third-order valence-corrected chi connectivity index (χ3v) is 8.95. The molecule has 0 aliphatic heterocycles. The fraction of sp³-hybridized carbons (Fsp3) is 0.864. The normalized spacial score (nSPS) is 12.3. The van der Waals surface area contributed by atoms with Gasteiger partial charge >= 0.3 is 24.1 Å². The number of nitrogens with one attached hydrogen (secondary N) is 2. The Balaban J connectivity index is 4.88. The summed E-state index contributed by atoms with van der Waals surface area (Å²) in [5.41, 5.74) is 3.62. The molecule has 15 nitrogen and oxygen atoms in total. The summed E-state index contributed by atoms with van der Waals surface area (Å²) in [5, 5.41) is 14.4. The Morgan fingerprint density at radius 3 is 1.36 bits per heavy atom. The Kier molecular flexibility index (Phi) is 28.5. The van der Waals surface area contributed by atoms with Crippen molar-refractivity contribution in [1.29, 1.82) is 0 Å². The van der Waals surface area contributed by atoms with E-state index < -0.39 is 47.0 Å². The van der Waals surface area contributed by atoms with Crippen LogP contribution in [0.25, 0.3) is 0 Å². The highest BCUT2D eigenvalue weighted by molar-refractivity contribution is 5.85. The predicted molar refractivity (Wildman–Crippen MR) is 231 cm³/mol. The standard InChI is InChI=1S/C44H83N5O10/c1-42(2,3)57-39(54)35(47-37(51)25-19-17-15-13-11-10-12-14-16-18-20-26-38(52)53)27-28-36(50)46-30-24-34-49(41(56)59-44(7,8)9)32-22-21-31-48(33-23-29-45)40(55)58-43(4,5)6/h35H,10-34,45H2,1-9H3,(H,46,50)(H,47,51)(H,52,53). The first-order valence-electron chi connectivity index (χ1n) is 22.2. The molecule has 15 heteroatoms.